The number of carbonyl (C=O) groups is 2. The molecule has 0 bridgehead atoms. The fraction of sp³-hybridized carbons (Fsp3) is 0.269. The molecule has 0 aliphatic heterocycles. The molecule has 170 valence electrons. The molecule has 0 spiro atoms. The van der Waals surface area contributed by atoms with Crippen molar-refractivity contribution in [3.63, 3.8) is 0 Å². The van der Waals surface area contributed by atoms with Gasteiger partial charge in [0, 0.05) is 12.6 Å². The predicted molar refractivity (Wildman–Crippen MR) is 134 cm³/mol. The molecular formula is C26H26BrN3O3. The van der Waals surface area contributed by atoms with Crippen molar-refractivity contribution in [2.45, 2.75) is 39.3 Å². The van der Waals surface area contributed by atoms with Crippen molar-refractivity contribution in [3.8, 4) is 11.8 Å². The standard InChI is InChI=1S/C26H26BrN3O3/c1-17(30(5)25(32)33-26(2,3)4)24(31)29-23-15-13-21(27)22(28-23)14-11-18-10-12-19-8-6-7-9-20(19)16-18/h6-10,12-13,15-17H,1-5H3,(H,28,29,31). The molecule has 2 aromatic carbocycles. The minimum Gasteiger partial charge on any atom is -0.444 e. The Morgan fingerprint density at radius 3 is 2.45 bits per heavy atom. The summed E-state index contributed by atoms with van der Waals surface area (Å²) in [6.45, 7) is 6.94. The molecule has 33 heavy (non-hydrogen) atoms. The van der Waals surface area contributed by atoms with E-state index >= 15 is 0 Å². The monoisotopic (exact) mass is 507 g/mol. The van der Waals surface area contributed by atoms with Crippen molar-refractivity contribution < 1.29 is 14.3 Å². The van der Waals surface area contributed by atoms with Gasteiger partial charge in [0.25, 0.3) is 0 Å². The van der Waals surface area contributed by atoms with E-state index in [1.165, 1.54) is 11.9 Å². The molecule has 1 N–H and O–H groups in total. The first-order chi connectivity index (χ1) is 15.5. The van der Waals surface area contributed by atoms with Gasteiger partial charge in [-0.2, -0.15) is 0 Å². The number of ether oxygens (including phenoxy) is 1. The smallest absolute Gasteiger partial charge is 0.410 e. The Labute approximate surface area is 202 Å². The second-order valence-corrected chi connectivity index (χ2v) is 9.45. The molecule has 0 aliphatic carbocycles. The Balaban J connectivity index is 1.74. The van der Waals surface area contributed by atoms with E-state index in [0.717, 1.165) is 16.3 Å². The molecule has 1 unspecified atom stereocenters. The lowest BCUT2D eigenvalue weighted by Crippen LogP contribution is -2.45. The van der Waals surface area contributed by atoms with E-state index < -0.39 is 17.7 Å². The predicted octanol–water partition coefficient (Wildman–Crippen LogP) is 5.59. The number of aromatic nitrogens is 1. The summed E-state index contributed by atoms with van der Waals surface area (Å²) in [6.07, 6.45) is -0.573. The maximum absolute atomic E-state index is 12.7. The quantitative estimate of drug-likeness (QED) is 0.469. The molecule has 1 atom stereocenters. The molecule has 0 saturated heterocycles. The number of benzene rings is 2. The number of hydrogen-bond acceptors (Lipinski definition) is 4. The van der Waals surface area contributed by atoms with E-state index in [1.54, 1.807) is 39.8 Å². The molecule has 7 heteroatoms. The highest BCUT2D eigenvalue weighted by molar-refractivity contribution is 9.10. The van der Waals surface area contributed by atoms with Gasteiger partial charge in [-0.3, -0.25) is 9.69 Å². The Hall–Kier alpha value is -3.37. The molecule has 1 aromatic heterocycles. The Kier molecular flexibility index (Phi) is 7.39. The van der Waals surface area contributed by atoms with Gasteiger partial charge in [-0.25, -0.2) is 9.78 Å². The van der Waals surface area contributed by atoms with Gasteiger partial charge in [0.2, 0.25) is 5.91 Å². The summed E-state index contributed by atoms with van der Waals surface area (Å²) in [7, 11) is 1.52. The number of fused-ring (bicyclic) bond motifs is 1. The SMILES string of the molecule is CC(C(=O)Nc1ccc(Br)c(C#Cc2ccc3ccccc3c2)n1)N(C)C(=O)OC(C)(C)C. The summed E-state index contributed by atoms with van der Waals surface area (Å²) in [4.78, 5) is 30.6. The maximum atomic E-state index is 12.7. The minimum absolute atomic E-state index is 0.343. The number of likely N-dealkylation sites (N-methyl/N-ethyl adjacent to an activating group) is 1. The average Bonchev–Trinajstić information content (AvgIpc) is 2.77. The van der Waals surface area contributed by atoms with Gasteiger partial charge in [0.15, 0.2) is 0 Å². The van der Waals surface area contributed by atoms with Crippen LogP contribution in [0.25, 0.3) is 10.8 Å². The van der Waals surface area contributed by atoms with Crippen LogP contribution < -0.4 is 5.32 Å². The summed E-state index contributed by atoms with van der Waals surface area (Å²) in [6, 6.07) is 16.8. The highest BCUT2D eigenvalue weighted by Gasteiger charge is 2.27. The molecule has 3 aromatic rings. The van der Waals surface area contributed by atoms with Crippen molar-refractivity contribution in [2.24, 2.45) is 0 Å². The third-order valence-corrected chi connectivity index (χ3v) is 5.45. The van der Waals surface area contributed by atoms with Gasteiger partial charge in [0.05, 0.1) is 4.47 Å². The van der Waals surface area contributed by atoms with Gasteiger partial charge in [-0.15, -0.1) is 0 Å². The molecule has 0 aliphatic rings. The molecule has 0 radical (unpaired) electrons. The van der Waals surface area contributed by atoms with Crippen LogP contribution in [0.5, 0.6) is 0 Å². The van der Waals surface area contributed by atoms with Crippen LogP contribution in [0, 0.1) is 11.8 Å². The van der Waals surface area contributed by atoms with Gasteiger partial charge in [-0.05, 0) is 84.6 Å². The van der Waals surface area contributed by atoms with Crippen LogP contribution in [0.1, 0.15) is 39.0 Å². The lowest BCUT2D eigenvalue weighted by Gasteiger charge is -2.28. The highest BCUT2D eigenvalue weighted by atomic mass is 79.9. The summed E-state index contributed by atoms with van der Waals surface area (Å²) in [5, 5.41) is 5.00. The Morgan fingerprint density at radius 2 is 1.76 bits per heavy atom. The van der Waals surface area contributed by atoms with Crippen LogP contribution in [0.3, 0.4) is 0 Å². The number of pyridine rings is 1. The molecular weight excluding hydrogens is 482 g/mol. The first-order valence-electron chi connectivity index (χ1n) is 10.5. The maximum Gasteiger partial charge on any atom is 0.410 e. The first kappa shape index (κ1) is 24.3. The highest BCUT2D eigenvalue weighted by Crippen LogP contribution is 2.19. The van der Waals surface area contributed by atoms with Crippen molar-refractivity contribution >= 4 is 44.5 Å². The van der Waals surface area contributed by atoms with Gasteiger partial charge >= 0.3 is 6.09 Å². The number of nitrogens with one attached hydrogen (secondary N) is 1. The van der Waals surface area contributed by atoms with E-state index in [0.29, 0.717) is 16.0 Å². The fourth-order valence-corrected chi connectivity index (χ4v) is 3.22. The number of carbonyl (C=O) groups excluding carboxylic acids is 2. The zero-order chi connectivity index (χ0) is 24.2. The second-order valence-electron chi connectivity index (χ2n) is 8.60. The summed E-state index contributed by atoms with van der Waals surface area (Å²) in [5.74, 6) is 6.15. The number of nitrogens with zero attached hydrogens (tertiary/aromatic N) is 2. The van der Waals surface area contributed by atoms with E-state index in [2.05, 4.69) is 44.1 Å². The normalized spacial score (nSPS) is 11.8. The number of amides is 2. The lowest BCUT2D eigenvalue weighted by molar-refractivity contribution is -0.120. The largest absolute Gasteiger partial charge is 0.444 e. The van der Waals surface area contributed by atoms with Crippen LogP contribution in [-0.4, -0.2) is 40.6 Å². The first-order valence-corrected chi connectivity index (χ1v) is 11.3. The van der Waals surface area contributed by atoms with E-state index in [4.69, 9.17) is 4.74 Å². The van der Waals surface area contributed by atoms with E-state index in [-0.39, 0.29) is 5.91 Å². The Bertz CT molecular complexity index is 1250. The second kappa shape index (κ2) is 10.1. The topological polar surface area (TPSA) is 71.5 Å². The summed E-state index contributed by atoms with van der Waals surface area (Å²) < 4.78 is 6.04. The van der Waals surface area contributed by atoms with Gasteiger partial charge < -0.3 is 10.1 Å². The number of hydrogen-bond donors (Lipinski definition) is 1. The van der Waals surface area contributed by atoms with Crippen LogP contribution in [-0.2, 0) is 9.53 Å². The lowest BCUT2D eigenvalue weighted by atomic mass is 10.1. The number of rotatable bonds is 3. The molecule has 0 saturated carbocycles. The third kappa shape index (κ3) is 6.56. The number of halogens is 1. The van der Waals surface area contributed by atoms with Crippen LogP contribution in [0.2, 0.25) is 0 Å². The Morgan fingerprint density at radius 1 is 1.06 bits per heavy atom. The average molecular weight is 508 g/mol. The van der Waals surface area contributed by atoms with Gasteiger partial charge in [-0.1, -0.05) is 36.3 Å². The van der Waals surface area contributed by atoms with Crippen molar-refractivity contribution in [3.05, 3.63) is 70.3 Å². The van der Waals surface area contributed by atoms with Gasteiger partial charge in [0.1, 0.15) is 23.2 Å². The van der Waals surface area contributed by atoms with Crippen molar-refractivity contribution in [1.29, 1.82) is 0 Å². The summed E-state index contributed by atoms with van der Waals surface area (Å²) in [5.41, 5.74) is 0.714. The zero-order valence-corrected chi connectivity index (χ0v) is 20.9. The third-order valence-electron chi connectivity index (χ3n) is 4.81. The van der Waals surface area contributed by atoms with E-state index in [1.807, 2.05) is 36.4 Å². The van der Waals surface area contributed by atoms with E-state index in [9.17, 15) is 9.59 Å². The zero-order valence-electron chi connectivity index (χ0n) is 19.3. The van der Waals surface area contributed by atoms with Crippen LogP contribution in [0.4, 0.5) is 10.6 Å². The van der Waals surface area contributed by atoms with Crippen molar-refractivity contribution in [2.75, 3.05) is 12.4 Å². The summed E-state index contributed by atoms with van der Waals surface area (Å²) >= 11 is 3.46. The van der Waals surface area contributed by atoms with Crippen molar-refractivity contribution in [1.82, 2.24) is 9.88 Å². The fourth-order valence-electron chi connectivity index (χ4n) is 2.90. The minimum atomic E-state index is -0.752. The molecule has 3 rings (SSSR count). The molecule has 6 nitrogen and oxygen atoms in total. The molecule has 0 fully saturated rings. The van der Waals surface area contributed by atoms with Crippen LogP contribution in [0.15, 0.2) is 59.1 Å². The molecule has 2 amide bonds. The molecule has 1 heterocycles. The van der Waals surface area contributed by atoms with Crippen LogP contribution >= 0.6 is 15.9 Å². The number of anilines is 1.